The van der Waals surface area contributed by atoms with E-state index in [2.05, 4.69) is 29.8 Å². The number of carbonyl (C=O) groups excluding carboxylic acids is 1. The lowest BCUT2D eigenvalue weighted by molar-refractivity contribution is -0.117. The van der Waals surface area contributed by atoms with Crippen molar-refractivity contribution >= 4 is 44.0 Å². The van der Waals surface area contributed by atoms with Crippen LogP contribution in [0.25, 0.3) is 0 Å². The summed E-state index contributed by atoms with van der Waals surface area (Å²) in [5.41, 5.74) is 3.66. The number of halogens is 1. The van der Waals surface area contributed by atoms with Crippen LogP contribution in [0.2, 0.25) is 0 Å². The second-order valence-corrected chi connectivity index (χ2v) is 11.8. The van der Waals surface area contributed by atoms with Gasteiger partial charge in [-0.15, -0.1) is 0 Å². The average Bonchev–Trinajstić information content (AvgIpc) is 3.22. The molecule has 1 amide bonds. The average molecular weight is 490 g/mol. The van der Waals surface area contributed by atoms with E-state index in [0.29, 0.717) is 10.7 Å². The maximum atomic E-state index is 13.2. The number of nitrogens with zero attached hydrogens (tertiary/aromatic N) is 3. The Bertz CT molecular complexity index is 1180. The molecule has 2 aromatic carbocycles. The van der Waals surface area contributed by atoms with Crippen molar-refractivity contribution in [3.8, 4) is 0 Å². The molecule has 2 atom stereocenters. The van der Waals surface area contributed by atoms with Crippen LogP contribution >= 0.6 is 11.8 Å². The number of hydrogen-bond acceptors (Lipinski definition) is 5. The molecule has 0 N–H and O–H groups in total. The minimum absolute atomic E-state index is 0.0487. The molecule has 0 saturated carbocycles. The van der Waals surface area contributed by atoms with Gasteiger partial charge in [-0.1, -0.05) is 23.9 Å². The molecule has 33 heavy (non-hydrogen) atoms. The monoisotopic (exact) mass is 489 g/mol. The quantitative estimate of drug-likeness (QED) is 0.614. The van der Waals surface area contributed by atoms with Crippen LogP contribution in [0.3, 0.4) is 0 Å². The maximum absolute atomic E-state index is 13.2. The molecule has 0 bridgehead atoms. The Morgan fingerprint density at radius 3 is 2.48 bits per heavy atom. The van der Waals surface area contributed by atoms with Gasteiger partial charge in [0, 0.05) is 29.7 Å². The molecule has 2 aliphatic rings. The molecule has 4 rings (SSSR count). The summed E-state index contributed by atoms with van der Waals surface area (Å²) in [6, 6.07) is 11.7. The van der Waals surface area contributed by atoms with Crippen molar-refractivity contribution in [3.63, 3.8) is 0 Å². The highest BCUT2D eigenvalue weighted by Crippen LogP contribution is 2.42. The molecule has 2 aliphatic heterocycles. The highest BCUT2D eigenvalue weighted by atomic mass is 32.2. The molecule has 0 spiro atoms. The Kier molecular flexibility index (Phi) is 6.81. The van der Waals surface area contributed by atoms with Crippen molar-refractivity contribution in [1.82, 2.24) is 0 Å². The van der Waals surface area contributed by atoms with E-state index in [1.807, 2.05) is 24.0 Å². The van der Waals surface area contributed by atoms with Crippen LogP contribution in [-0.2, 0) is 21.1 Å². The van der Waals surface area contributed by atoms with Gasteiger partial charge in [-0.25, -0.2) is 12.8 Å². The number of fused-ring (bicyclic) bond motifs is 1. The highest BCUT2D eigenvalue weighted by molar-refractivity contribution is 8.16. The van der Waals surface area contributed by atoms with E-state index < -0.39 is 9.84 Å². The zero-order chi connectivity index (χ0) is 23.8. The summed E-state index contributed by atoms with van der Waals surface area (Å²) >= 11 is 1.36. The van der Waals surface area contributed by atoms with E-state index in [0.717, 1.165) is 30.0 Å². The first-order valence-electron chi connectivity index (χ1n) is 11.1. The summed E-state index contributed by atoms with van der Waals surface area (Å²) < 4.78 is 37.9. The third-order valence-electron chi connectivity index (χ3n) is 6.12. The predicted octanol–water partition coefficient (Wildman–Crippen LogP) is 3.82. The Hall–Kier alpha value is -2.39. The Morgan fingerprint density at radius 2 is 1.85 bits per heavy atom. The van der Waals surface area contributed by atoms with Gasteiger partial charge in [0.25, 0.3) is 5.91 Å². The number of carbonyl (C=O) groups is 1. The Morgan fingerprint density at radius 1 is 1.15 bits per heavy atom. The number of amidine groups is 1. The van der Waals surface area contributed by atoms with Crippen molar-refractivity contribution < 1.29 is 17.6 Å². The van der Waals surface area contributed by atoms with Crippen LogP contribution in [0.5, 0.6) is 0 Å². The molecule has 6 nitrogen and oxygen atoms in total. The van der Waals surface area contributed by atoms with Crippen molar-refractivity contribution in [2.24, 2.45) is 4.99 Å². The predicted molar refractivity (Wildman–Crippen MR) is 134 cm³/mol. The van der Waals surface area contributed by atoms with Gasteiger partial charge in [0.1, 0.15) is 5.82 Å². The summed E-state index contributed by atoms with van der Waals surface area (Å²) in [5, 5.41) is 0.375. The minimum atomic E-state index is -3.14. The molecule has 176 valence electrons. The van der Waals surface area contributed by atoms with Gasteiger partial charge in [-0.3, -0.25) is 4.79 Å². The second-order valence-electron chi connectivity index (χ2n) is 8.40. The van der Waals surface area contributed by atoms with Crippen molar-refractivity contribution in [2.45, 2.75) is 38.5 Å². The lowest BCUT2D eigenvalue weighted by atomic mass is 10.1. The highest BCUT2D eigenvalue weighted by Gasteiger charge is 2.49. The molecular formula is C24H28FN3O3S2. The number of hydrogen-bond donors (Lipinski definition) is 0. The van der Waals surface area contributed by atoms with E-state index >= 15 is 0 Å². The largest absolute Gasteiger partial charge is 0.372 e. The fourth-order valence-corrected chi connectivity index (χ4v) is 8.39. The molecule has 2 fully saturated rings. The van der Waals surface area contributed by atoms with Crippen LogP contribution in [0, 0.1) is 12.7 Å². The zero-order valence-electron chi connectivity index (χ0n) is 19.0. The number of thioether (sulfide) groups is 1. The number of aliphatic imine (C=N–C) groups is 1. The molecule has 0 aromatic heterocycles. The second kappa shape index (κ2) is 9.46. The summed E-state index contributed by atoms with van der Waals surface area (Å²) in [5.74, 6) is -0.560. The van der Waals surface area contributed by atoms with Crippen LogP contribution in [0.1, 0.15) is 25.0 Å². The fraction of sp³-hybridized carbons (Fsp3) is 0.417. The van der Waals surface area contributed by atoms with Gasteiger partial charge in [-0.2, -0.15) is 4.99 Å². The Balaban J connectivity index is 1.66. The third-order valence-corrected chi connectivity index (χ3v) is 9.33. The van der Waals surface area contributed by atoms with Crippen molar-refractivity contribution in [2.75, 3.05) is 34.4 Å². The lowest BCUT2D eigenvalue weighted by Gasteiger charge is -2.28. The van der Waals surface area contributed by atoms with Crippen LogP contribution in [0.4, 0.5) is 15.8 Å². The molecule has 9 heteroatoms. The molecule has 2 saturated heterocycles. The SMILES string of the molecule is CCN(CC)c1ccc(N2C(=NC(=O)Cc3ccc(F)cc3)S[C@@H]3CS(=O)(=O)C[C@H]32)c(C)c1. The van der Waals surface area contributed by atoms with Gasteiger partial charge in [0.05, 0.1) is 24.0 Å². The summed E-state index contributed by atoms with van der Waals surface area (Å²) in [6.45, 7) is 8.00. The summed E-state index contributed by atoms with van der Waals surface area (Å²) in [4.78, 5) is 21.3. The van der Waals surface area contributed by atoms with E-state index in [-0.39, 0.29) is 40.9 Å². The normalized spacial score (nSPS) is 22.5. The molecule has 0 unspecified atom stereocenters. The number of benzene rings is 2. The molecule has 0 radical (unpaired) electrons. The standard InChI is InChI=1S/C24H28FN3O3S2/c1-4-27(5-2)19-10-11-20(16(3)12-19)28-21-14-33(30,31)15-22(21)32-24(28)26-23(29)13-17-6-8-18(25)9-7-17/h6-12,21-22H,4-5,13-15H2,1-3H3/t21-,22-/m1/s1. The van der Waals surface area contributed by atoms with Gasteiger partial charge in [-0.05, 0) is 62.2 Å². The Labute approximate surface area is 198 Å². The topological polar surface area (TPSA) is 70.0 Å². The molecule has 2 aromatic rings. The number of rotatable bonds is 6. The van der Waals surface area contributed by atoms with Gasteiger partial charge in [0.15, 0.2) is 15.0 Å². The van der Waals surface area contributed by atoms with Crippen molar-refractivity contribution in [1.29, 1.82) is 0 Å². The van der Waals surface area contributed by atoms with Crippen LogP contribution < -0.4 is 9.80 Å². The van der Waals surface area contributed by atoms with Gasteiger partial charge >= 0.3 is 0 Å². The zero-order valence-corrected chi connectivity index (χ0v) is 20.6. The number of sulfone groups is 1. The number of anilines is 2. The van der Waals surface area contributed by atoms with E-state index in [9.17, 15) is 17.6 Å². The lowest BCUT2D eigenvalue weighted by Crippen LogP contribution is -2.38. The maximum Gasteiger partial charge on any atom is 0.252 e. The summed E-state index contributed by atoms with van der Waals surface area (Å²) in [7, 11) is -3.14. The summed E-state index contributed by atoms with van der Waals surface area (Å²) in [6.07, 6.45) is 0.0612. The van der Waals surface area contributed by atoms with Gasteiger partial charge < -0.3 is 9.80 Å². The van der Waals surface area contributed by atoms with E-state index in [1.165, 1.54) is 23.9 Å². The first-order valence-corrected chi connectivity index (χ1v) is 13.8. The van der Waals surface area contributed by atoms with E-state index in [1.54, 1.807) is 12.1 Å². The first kappa shape index (κ1) is 23.8. The smallest absolute Gasteiger partial charge is 0.252 e. The first-order chi connectivity index (χ1) is 15.7. The molecule has 2 heterocycles. The molecular weight excluding hydrogens is 461 g/mol. The van der Waals surface area contributed by atoms with E-state index in [4.69, 9.17) is 0 Å². The third kappa shape index (κ3) is 5.09. The fourth-order valence-electron chi connectivity index (χ4n) is 4.46. The van der Waals surface area contributed by atoms with Gasteiger partial charge in [0.2, 0.25) is 0 Å². The van der Waals surface area contributed by atoms with Crippen LogP contribution in [-0.4, -0.2) is 55.4 Å². The number of amides is 1. The van der Waals surface area contributed by atoms with Crippen molar-refractivity contribution in [3.05, 3.63) is 59.4 Å². The number of aryl methyl sites for hydroxylation is 1. The van der Waals surface area contributed by atoms with Crippen LogP contribution in [0.15, 0.2) is 47.5 Å². The minimum Gasteiger partial charge on any atom is -0.372 e. The molecule has 0 aliphatic carbocycles.